The summed E-state index contributed by atoms with van der Waals surface area (Å²) in [7, 11) is 1.58. The van der Waals surface area contributed by atoms with Crippen LogP contribution in [0.25, 0.3) is 11.3 Å². The summed E-state index contributed by atoms with van der Waals surface area (Å²) in [5.41, 5.74) is 6.89. The fourth-order valence-electron chi connectivity index (χ4n) is 1.76. The van der Waals surface area contributed by atoms with Crippen molar-refractivity contribution in [2.24, 2.45) is 0 Å². The number of anilines is 1. The van der Waals surface area contributed by atoms with E-state index in [0.717, 1.165) is 18.4 Å². The van der Waals surface area contributed by atoms with Crippen molar-refractivity contribution in [1.29, 1.82) is 0 Å². The molecule has 100 valence electrons. The van der Waals surface area contributed by atoms with E-state index in [2.05, 4.69) is 5.16 Å². The smallest absolute Gasteiger partial charge is 0.222 e. The fourth-order valence-corrected chi connectivity index (χ4v) is 2.02. The van der Waals surface area contributed by atoms with E-state index < -0.39 is 0 Å². The fraction of sp³-hybridized carbons (Fsp3) is 0.308. The van der Waals surface area contributed by atoms with Gasteiger partial charge < -0.3 is 19.7 Å². The number of hydrogen-bond donors (Lipinski definition) is 1. The molecule has 2 aromatic rings. The lowest BCUT2D eigenvalue weighted by Crippen LogP contribution is -1.99. The molecular weight excluding hydrogens is 268 g/mol. The van der Waals surface area contributed by atoms with Crippen LogP contribution in [0.2, 0.25) is 5.02 Å². The Bertz CT molecular complexity index is 608. The number of nitrogen functional groups attached to an aromatic ring is 1. The largest absolute Gasteiger partial charge is 0.493 e. The Hall–Kier alpha value is -1.88. The Balaban J connectivity index is 2.00. The van der Waals surface area contributed by atoms with Crippen LogP contribution in [0.1, 0.15) is 12.8 Å². The number of ether oxygens (including phenoxy) is 2. The highest BCUT2D eigenvalue weighted by Gasteiger charge is 2.26. The van der Waals surface area contributed by atoms with Crippen LogP contribution in [0.5, 0.6) is 11.5 Å². The molecule has 0 saturated heterocycles. The van der Waals surface area contributed by atoms with E-state index in [9.17, 15) is 0 Å². The van der Waals surface area contributed by atoms with Gasteiger partial charge in [0, 0.05) is 11.6 Å². The van der Waals surface area contributed by atoms with Crippen molar-refractivity contribution >= 4 is 17.5 Å². The molecule has 1 saturated carbocycles. The van der Waals surface area contributed by atoms with Gasteiger partial charge in [0.1, 0.15) is 5.69 Å². The van der Waals surface area contributed by atoms with Crippen LogP contribution in [0.15, 0.2) is 22.7 Å². The van der Waals surface area contributed by atoms with E-state index >= 15 is 0 Å². The van der Waals surface area contributed by atoms with Crippen molar-refractivity contribution in [2.45, 2.75) is 18.9 Å². The third-order valence-electron chi connectivity index (χ3n) is 2.86. The maximum Gasteiger partial charge on any atom is 0.222 e. The van der Waals surface area contributed by atoms with Crippen molar-refractivity contribution < 1.29 is 14.0 Å². The molecule has 6 heteroatoms. The van der Waals surface area contributed by atoms with Crippen LogP contribution >= 0.6 is 11.6 Å². The predicted molar refractivity (Wildman–Crippen MR) is 71.6 cm³/mol. The molecule has 0 unspecified atom stereocenters. The lowest BCUT2D eigenvalue weighted by atomic mass is 10.1. The molecule has 5 nitrogen and oxygen atoms in total. The summed E-state index contributed by atoms with van der Waals surface area (Å²) >= 11 is 6.25. The molecular formula is C13H13ClN2O3. The van der Waals surface area contributed by atoms with Gasteiger partial charge in [0.15, 0.2) is 11.5 Å². The second-order valence-electron chi connectivity index (χ2n) is 4.42. The highest BCUT2D eigenvalue weighted by molar-refractivity contribution is 6.32. The van der Waals surface area contributed by atoms with Crippen LogP contribution in [0.4, 0.5) is 5.88 Å². The zero-order chi connectivity index (χ0) is 13.4. The highest BCUT2D eigenvalue weighted by Crippen LogP contribution is 2.42. The third kappa shape index (κ3) is 2.46. The molecule has 1 aliphatic rings. The molecule has 0 atom stereocenters. The Morgan fingerprint density at radius 3 is 2.74 bits per heavy atom. The molecule has 1 fully saturated rings. The normalized spacial score (nSPS) is 14.4. The number of rotatable bonds is 4. The van der Waals surface area contributed by atoms with E-state index in [1.807, 2.05) is 0 Å². The number of nitrogens with zero attached hydrogens (tertiary/aromatic N) is 1. The maximum absolute atomic E-state index is 6.25. The summed E-state index contributed by atoms with van der Waals surface area (Å²) in [5.74, 6) is 1.41. The second kappa shape index (κ2) is 4.66. The first-order chi connectivity index (χ1) is 9.17. The summed E-state index contributed by atoms with van der Waals surface area (Å²) in [6, 6.07) is 5.20. The zero-order valence-electron chi connectivity index (χ0n) is 10.4. The van der Waals surface area contributed by atoms with Gasteiger partial charge in [0.05, 0.1) is 18.2 Å². The minimum absolute atomic E-state index is 0.250. The molecule has 3 rings (SSSR count). The quantitative estimate of drug-likeness (QED) is 0.932. The monoisotopic (exact) mass is 280 g/mol. The zero-order valence-corrected chi connectivity index (χ0v) is 11.1. The minimum atomic E-state index is 0.250. The lowest BCUT2D eigenvalue weighted by molar-refractivity contribution is 0.282. The van der Waals surface area contributed by atoms with Gasteiger partial charge in [-0.1, -0.05) is 16.8 Å². The van der Waals surface area contributed by atoms with E-state index in [4.69, 9.17) is 31.3 Å². The predicted octanol–water partition coefficient (Wildman–Crippen LogP) is 3.13. The van der Waals surface area contributed by atoms with E-state index in [1.54, 1.807) is 25.3 Å². The average molecular weight is 281 g/mol. The maximum atomic E-state index is 6.25. The van der Waals surface area contributed by atoms with Crippen molar-refractivity contribution in [3.05, 3.63) is 23.2 Å². The Morgan fingerprint density at radius 2 is 2.16 bits per heavy atom. The average Bonchev–Trinajstić information content (AvgIpc) is 3.11. The lowest BCUT2D eigenvalue weighted by Gasteiger charge is -2.12. The molecule has 19 heavy (non-hydrogen) atoms. The van der Waals surface area contributed by atoms with E-state index in [-0.39, 0.29) is 12.0 Å². The SMILES string of the molecule is COc1cc(-c2cc(N)on2)cc(Cl)c1OC1CC1. The molecule has 0 aliphatic heterocycles. The van der Waals surface area contributed by atoms with Gasteiger partial charge in [0.25, 0.3) is 0 Å². The van der Waals surface area contributed by atoms with Gasteiger partial charge in [-0.05, 0) is 25.0 Å². The molecule has 1 heterocycles. The van der Waals surface area contributed by atoms with E-state index in [0.29, 0.717) is 22.2 Å². The number of hydrogen-bond acceptors (Lipinski definition) is 5. The number of nitrogens with two attached hydrogens (primary N) is 1. The van der Waals surface area contributed by atoms with Crippen LogP contribution in [0, 0.1) is 0 Å². The van der Waals surface area contributed by atoms with Crippen molar-refractivity contribution in [3.63, 3.8) is 0 Å². The second-order valence-corrected chi connectivity index (χ2v) is 4.83. The number of halogens is 1. The molecule has 1 aliphatic carbocycles. The summed E-state index contributed by atoms with van der Waals surface area (Å²) in [6.45, 7) is 0. The van der Waals surface area contributed by atoms with Gasteiger partial charge in [-0.2, -0.15) is 0 Å². The minimum Gasteiger partial charge on any atom is -0.493 e. The third-order valence-corrected chi connectivity index (χ3v) is 3.14. The van der Waals surface area contributed by atoms with Crippen molar-refractivity contribution in [3.8, 4) is 22.8 Å². The molecule has 0 spiro atoms. The molecule has 0 radical (unpaired) electrons. The van der Waals surface area contributed by atoms with Crippen molar-refractivity contribution in [1.82, 2.24) is 5.16 Å². The standard InChI is InChI=1S/C13H13ClN2O3/c1-17-11-5-7(10-6-12(15)19-16-10)4-9(14)13(11)18-8-2-3-8/h4-6,8H,2-3,15H2,1H3. The molecule has 2 N–H and O–H groups in total. The summed E-state index contributed by atoms with van der Waals surface area (Å²) in [4.78, 5) is 0. The molecule has 0 bridgehead atoms. The van der Waals surface area contributed by atoms with Crippen molar-refractivity contribution in [2.75, 3.05) is 12.8 Å². The topological polar surface area (TPSA) is 70.5 Å². The van der Waals surface area contributed by atoms with Gasteiger partial charge in [-0.15, -0.1) is 0 Å². The van der Waals surface area contributed by atoms with Gasteiger partial charge >= 0.3 is 0 Å². The first kappa shape index (κ1) is 12.2. The summed E-state index contributed by atoms with van der Waals surface area (Å²) in [5, 5.41) is 4.34. The Kier molecular flexibility index (Phi) is 2.98. The van der Waals surface area contributed by atoms with E-state index in [1.165, 1.54) is 0 Å². The summed E-state index contributed by atoms with van der Waals surface area (Å²) in [6.07, 6.45) is 2.36. The first-order valence-electron chi connectivity index (χ1n) is 5.94. The van der Waals surface area contributed by atoms with Crippen LogP contribution < -0.4 is 15.2 Å². The Labute approximate surface area is 115 Å². The number of benzene rings is 1. The van der Waals surface area contributed by atoms with Crippen LogP contribution in [0.3, 0.4) is 0 Å². The number of aromatic nitrogens is 1. The molecule has 1 aromatic carbocycles. The van der Waals surface area contributed by atoms with Gasteiger partial charge in [-0.3, -0.25) is 0 Å². The molecule has 1 aromatic heterocycles. The van der Waals surface area contributed by atoms with Gasteiger partial charge in [-0.25, -0.2) is 0 Å². The summed E-state index contributed by atoms with van der Waals surface area (Å²) < 4.78 is 15.9. The Morgan fingerprint density at radius 1 is 1.37 bits per heavy atom. The van der Waals surface area contributed by atoms with Crippen LogP contribution in [-0.2, 0) is 0 Å². The van der Waals surface area contributed by atoms with Crippen LogP contribution in [-0.4, -0.2) is 18.4 Å². The van der Waals surface area contributed by atoms with Gasteiger partial charge in [0.2, 0.25) is 5.88 Å². The highest BCUT2D eigenvalue weighted by atomic mass is 35.5. The molecule has 0 amide bonds. The number of methoxy groups -OCH3 is 1. The first-order valence-corrected chi connectivity index (χ1v) is 6.32.